The van der Waals surface area contributed by atoms with Gasteiger partial charge in [0.2, 0.25) is 0 Å². The Labute approximate surface area is 97.9 Å². The highest BCUT2D eigenvalue weighted by Gasteiger charge is 2.04. The SMILES string of the molecule is Cc1c(F)cccc1Nc1cncc(NN)n1. The summed E-state index contributed by atoms with van der Waals surface area (Å²) in [6.45, 7) is 1.69. The molecule has 2 aromatic rings. The third kappa shape index (κ3) is 2.48. The van der Waals surface area contributed by atoms with E-state index in [1.807, 2.05) is 0 Å². The van der Waals surface area contributed by atoms with Crippen LogP contribution in [0.25, 0.3) is 0 Å². The Morgan fingerprint density at radius 2 is 2.00 bits per heavy atom. The fourth-order valence-electron chi connectivity index (χ4n) is 1.38. The van der Waals surface area contributed by atoms with Crippen LogP contribution in [0.1, 0.15) is 5.56 Å². The molecule has 0 aliphatic rings. The van der Waals surface area contributed by atoms with Crippen LogP contribution >= 0.6 is 0 Å². The third-order valence-electron chi connectivity index (χ3n) is 2.31. The average Bonchev–Trinajstić information content (AvgIpc) is 2.35. The first-order chi connectivity index (χ1) is 8.20. The van der Waals surface area contributed by atoms with Gasteiger partial charge in [0.05, 0.1) is 12.4 Å². The number of nitrogens with two attached hydrogens (primary N) is 1. The lowest BCUT2D eigenvalue weighted by Gasteiger charge is -2.09. The quantitative estimate of drug-likeness (QED) is 0.558. The molecule has 0 radical (unpaired) electrons. The third-order valence-corrected chi connectivity index (χ3v) is 2.31. The number of halogens is 1. The van der Waals surface area contributed by atoms with Crippen molar-refractivity contribution in [3.05, 3.63) is 42.0 Å². The molecule has 4 N–H and O–H groups in total. The lowest BCUT2D eigenvalue weighted by Crippen LogP contribution is -2.09. The lowest BCUT2D eigenvalue weighted by molar-refractivity contribution is 0.619. The Balaban J connectivity index is 2.28. The molecule has 0 aliphatic carbocycles. The zero-order valence-electron chi connectivity index (χ0n) is 9.24. The largest absolute Gasteiger partial charge is 0.339 e. The van der Waals surface area contributed by atoms with Crippen LogP contribution in [0.3, 0.4) is 0 Å². The number of nitrogen functional groups attached to an aromatic ring is 1. The van der Waals surface area contributed by atoms with Gasteiger partial charge in [0.15, 0.2) is 11.6 Å². The first-order valence-electron chi connectivity index (χ1n) is 5.01. The van der Waals surface area contributed by atoms with Crippen LogP contribution in [0.5, 0.6) is 0 Å². The Morgan fingerprint density at radius 1 is 1.24 bits per heavy atom. The maximum Gasteiger partial charge on any atom is 0.160 e. The van der Waals surface area contributed by atoms with Crippen LogP contribution in [0, 0.1) is 12.7 Å². The van der Waals surface area contributed by atoms with E-state index in [1.54, 1.807) is 19.1 Å². The van der Waals surface area contributed by atoms with Gasteiger partial charge in [-0.05, 0) is 19.1 Å². The minimum atomic E-state index is -0.268. The summed E-state index contributed by atoms with van der Waals surface area (Å²) in [6.07, 6.45) is 3.02. The van der Waals surface area contributed by atoms with E-state index in [0.717, 1.165) is 0 Å². The Bertz CT molecular complexity index is 529. The first kappa shape index (κ1) is 11.3. The standard InChI is InChI=1S/C11H12FN5/c1-7-8(12)3-2-4-9(7)15-10-5-14-6-11(16-10)17-13/h2-6H,13H2,1H3,(H2,15,16,17). The number of rotatable bonds is 3. The molecule has 0 spiro atoms. The van der Waals surface area contributed by atoms with Crippen LogP contribution in [0.4, 0.5) is 21.7 Å². The van der Waals surface area contributed by atoms with E-state index in [9.17, 15) is 4.39 Å². The Morgan fingerprint density at radius 3 is 2.76 bits per heavy atom. The van der Waals surface area contributed by atoms with Crippen molar-refractivity contribution < 1.29 is 4.39 Å². The predicted octanol–water partition coefficient (Wildman–Crippen LogP) is 1.95. The number of aromatic nitrogens is 2. The molecule has 2 rings (SSSR count). The summed E-state index contributed by atoms with van der Waals surface area (Å²) < 4.78 is 13.3. The molecule has 0 atom stereocenters. The van der Waals surface area contributed by atoms with Crippen molar-refractivity contribution >= 4 is 17.3 Å². The summed E-state index contributed by atoms with van der Waals surface area (Å²) in [5.74, 6) is 5.89. The van der Waals surface area contributed by atoms with E-state index >= 15 is 0 Å². The number of hydrazine groups is 1. The fraction of sp³-hybridized carbons (Fsp3) is 0.0909. The molecule has 17 heavy (non-hydrogen) atoms. The second kappa shape index (κ2) is 4.75. The van der Waals surface area contributed by atoms with Crippen molar-refractivity contribution in [3.8, 4) is 0 Å². The van der Waals surface area contributed by atoms with Crippen LogP contribution < -0.4 is 16.6 Å². The zero-order valence-corrected chi connectivity index (χ0v) is 9.24. The first-order valence-corrected chi connectivity index (χ1v) is 5.01. The number of hydrogen-bond donors (Lipinski definition) is 3. The minimum Gasteiger partial charge on any atom is -0.339 e. The van der Waals surface area contributed by atoms with Crippen molar-refractivity contribution in [2.24, 2.45) is 5.84 Å². The molecule has 0 aliphatic heterocycles. The topological polar surface area (TPSA) is 75.9 Å². The zero-order chi connectivity index (χ0) is 12.3. The van der Waals surface area contributed by atoms with Crippen molar-refractivity contribution in [2.75, 3.05) is 10.7 Å². The minimum absolute atomic E-state index is 0.268. The summed E-state index contributed by atoms with van der Waals surface area (Å²) >= 11 is 0. The van der Waals surface area contributed by atoms with Gasteiger partial charge in [-0.1, -0.05) is 6.07 Å². The maximum atomic E-state index is 13.3. The number of nitrogens with one attached hydrogen (secondary N) is 2. The second-order valence-corrected chi connectivity index (χ2v) is 3.47. The Hall–Kier alpha value is -2.21. The molecule has 0 fully saturated rings. The number of hydrogen-bond acceptors (Lipinski definition) is 5. The second-order valence-electron chi connectivity index (χ2n) is 3.47. The highest BCUT2D eigenvalue weighted by atomic mass is 19.1. The van der Waals surface area contributed by atoms with E-state index in [4.69, 9.17) is 5.84 Å². The molecule has 0 bridgehead atoms. The maximum absolute atomic E-state index is 13.3. The molecule has 6 heteroatoms. The van der Waals surface area contributed by atoms with Gasteiger partial charge in [0.1, 0.15) is 5.82 Å². The molecule has 1 aromatic heterocycles. The highest BCUT2D eigenvalue weighted by Crippen LogP contribution is 2.21. The molecule has 1 aromatic carbocycles. The highest BCUT2D eigenvalue weighted by molar-refractivity contribution is 5.60. The summed E-state index contributed by atoms with van der Waals surface area (Å²) in [7, 11) is 0. The van der Waals surface area contributed by atoms with Gasteiger partial charge >= 0.3 is 0 Å². The summed E-state index contributed by atoms with van der Waals surface area (Å²) in [4.78, 5) is 8.07. The lowest BCUT2D eigenvalue weighted by atomic mass is 10.2. The molecular formula is C11H12FN5. The van der Waals surface area contributed by atoms with Gasteiger partial charge in [-0.15, -0.1) is 0 Å². The van der Waals surface area contributed by atoms with Crippen molar-refractivity contribution in [1.29, 1.82) is 0 Å². The van der Waals surface area contributed by atoms with E-state index in [-0.39, 0.29) is 5.82 Å². The van der Waals surface area contributed by atoms with Gasteiger partial charge < -0.3 is 10.7 Å². The summed E-state index contributed by atoms with van der Waals surface area (Å²) in [6, 6.07) is 4.80. The molecule has 0 unspecified atom stereocenters. The van der Waals surface area contributed by atoms with Gasteiger partial charge in [-0.3, -0.25) is 4.98 Å². The number of anilines is 3. The number of nitrogens with zero attached hydrogens (tertiary/aromatic N) is 2. The Kier molecular flexibility index (Phi) is 3.15. The van der Waals surface area contributed by atoms with E-state index in [1.165, 1.54) is 18.5 Å². The smallest absolute Gasteiger partial charge is 0.160 e. The van der Waals surface area contributed by atoms with Crippen LogP contribution in [-0.2, 0) is 0 Å². The number of benzene rings is 1. The van der Waals surface area contributed by atoms with Gasteiger partial charge in [-0.25, -0.2) is 15.2 Å². The van der Waals surface area contributed by atoms with Gasteiger partial charge in [0, 0.05) is 11.3 Å². The average molecular weight is 233 g/mol. The fourth-order valence-corrected chi connectivity index (χ4v) is 1.38. The van der Waals surface area contributed by atoms with Crippen LogP contribution in [0.15, 0.2) is 30.6 Å². The summed E-state index contributed by atoms with van der Waals surface area (Å²) in [5.41, 5.74) is 3.57. The molecular weight excluding hydrogens is 221 g/mol. The van der Waals surface area contributed by atoms with Gasteiger partial charge in [-0.2, -0.15) is 0 Å². The van der Waals surface area contributed by atoms with E-state index in [0.29, 0.717) is 22.9 Å². The van der Waals surface area contributed by atoms with Crippen LogP contribution in [-0.4, -0.2) is 9.97 Å². The monoisotopic (exact) mass is 233 g/mol. The van der Waals surface area contributed by atoms with Crippen molar-refractivity contribution in [3.63, 3.8) is 0 Å². The van der Waals surface area contributed by atoms with Gasteiger partial charge in [0.25, 0.3) is 0 Å². The normalized spacial score (nSPS) is 10.1. The molecule has 88 valence electrons. The molecule has 1 heterocycles. The molecule has 0 amide bonds. The van der Waals surface area contributed by atoms with Crippen LogP contribution in [0.2, 0.25) is 0 Å². The molecule has 5 nitrogen and oxygen atoms in total. The van der Waals surface area contributed by atoms with Crippen molar-refractivity contribution in [1.82, 2.24) is 9.97 Å². The summed E-state index contributed by atoms with van der Waals surface area (Å²) in [5, 5.41) is 2.98. The predicted molar refractivity (Wildman–Crippen MR) is 64.3 cm³/mol. The van der Waals surface area contributed by atoms with E-state index in [2.05, 4.69) is 20.7 Å². The molecule has 0 saturated heterocycles. The van der Waals surface area contributed by atoms with Crippen molar-refractivity contribution in [2.45, 2.75) is 6.92 Å². The molecule has 0 saturated carbocycles. The van der Waals surface area contributed by atoms with E-state index < -0.39 is 0 Å².